The second-order valence-electron chi connectivity index (χ2n) is 8.04. The summed E-state index contributed by atoms with van der Waals surface area (Å²) in [6.07, 6.45) is 0.564. The molecular weight excluding hydrogens is 382 g/mol. The molecule has 3 aliphatic rings. The molecule has 0 bridgehead atoms. The van der Waals surface area contributed by atoms with Gasteiger partial charge in [0.2, 0.25) is 17.7 Å². The predicted octanol–water partition coefficient (Wildman–Crippen LogP) is 1.75. The Morgan fingerprint density at radius 3 is 2.68 bits per heavy atom. The molecule has 28 heavy (non-hydrogen) atoms. The van der Waals surface area contributed by atoms with E-state index in [1.54, 1.807) is 25.3 Å². The van der Waals surface area contributed by atoms with Gasteiger partial charge in [-0.3, -0.25) is 24.6 Å². The zero-order valence-corrected chi connectivity index (χ0v) is 16.9. The van der Waals surface area contributed by atoms with Crippen molar-refractivity contribution in [3.05, 3.63) is 28.8 Å². The monoisotopic (exact) mass is 405 g/mol. The normalized spacial score (nSPS) is 31.1. The highest BCUT2D eigenvalue weighted by Crippen LogP contribution is 2.54. The van der Waals surface area contributed by atoms with Gasteiger partial charge in [0.25, 0.3) is 0 Å². The van der Waals surface area contributed by atoms with Crippen molar-refractivity contribution in [1.29, 1.82) is 0 Å². The van der Waals surface area contributed by atoms with E-state index in [4.69, 9.17) is 16.3 Å². The molecule has 1 spiro atoms. The van der Waals surface area contributed by atoms with E-state index >= 15 is 0 Å². The number of halogens is 1. The van der Waals surface area contributed by atoms with Gasteiger partial charge in [0.15, 0.2) is 0 Å². The van der Waals surface area contributed by atoms with Crippen LogP contribution in [0.4, 0.5) is 5.69 Å². The molecule has 2 fully saturated rings. The molecule has 150 valence electrons. The lowest BCUT2D eigenvalue weighted by atomic mass is 9.76. The van der Waals surface area contributed by atoms with Crippen molar-refractivity contribution in [2.45, 2.75) is 31.8 Å². The van der Waals surface area contributed by atoms with E-state index in [0.717, 1.165) is 0 Å². The topological polar surface area (TPSA) is 87.7 Å². The van der Waals surface area contributed by atoms with Gasteiger partial charge in [-0.05, 0) is 30.5 Å². The van der Waals surface area contributed by atoms with E-state index in [2.05, 4.69) is 10.6 Å². The Hall–Kier alpha value is -1.96. The minimum atomic E-state index is -1.28. The molecule has 8 heteroatoms. The molecule has 3 heterocycles. The number of nitrogens with zero attached hydrogens (tertiary/aromatic N) is 1. The van der Waals surface area contributed by atoms with Crippen LogP contribution in [0.5, 0.6) is 0 Å². The van der Waals surface area contributed by atoms with Crippen LogP contribution in [0.15, 0.2) is 18.2 Å². The fraction of sp³-hybridized carbons (Fsp3) is 0.550. The minimum absolute atomic E-state index is 0.0681. The Labute approximate surface area is 168 Å². The summed E-state index contributed by atoms with van der Waals surface area (Å²) in [5.41, 5.74) is -0.00560. The summed E-state index contributed by atoms with van der Waals surface area (Å²) in [6.45, 7) is 4.74. The third kappa shape index (κ3) is 2.53. The standard InChI is InChI=1S/C20H24ClN3O4/c1-10(2)16-14-15(18(26)24(17(14)25)7-4-8-28-3)20(23-16)12-9-11(21)5-6-13(12)22-19(20)27/h5-6,9-10,14-16,23H,4,7-8H2,1-3H3,(H,22,27)/t14-,15-,16-,20+/m0/s1. The largest absolute Gasteiger partial charge is 0.385 e. The van der Waals surface area contributed by atoms with Crippen LogP contribution < -0.4 is 10.6 Å². The maximum absolute atomic E-state index is 13.4. The smallest absolute Gasteiger partial charge is 0.250 e. The summed E-state index contributed by atoms with van der Waals surface area (Å²) in [5, 5.41) is 6.74. The molecule has 7 nitrogen and oxygen atoms in total. The van der Waals surface area contributed by atoms with Crippen LogP contribution in [0.25, 0.3) is 0 Å². The summed E-state index contributed by atoms with van der Waals surface area (Å²) in [7, 11) is 1.58. The highest BCUT2D eigenvalue weighted by Gasteiger charge is 2.70. The average Bonchev–Trinajstić information content (AvgIpc) is 3.23. The number of rotatable bonds is 5. The van der Waals surface area contributed by atoms with Crippen molar-refractivity contribution < 1.29 is 19.1 Å². The molecule has 1 aromatic rings. The van der Waals surface area contributed by atoms with Gasteiger partial charge in [-0.1, -0.05) is 25.4 Å². The van der Waals surface area contributed by atoms with Crippen LogP contribution in [0, 0.1) is 17.8 Å². The Morgan fingerprint density at radius 2 is 2.00 bits per heavy atom. The number of likely N-dealkylation sites (tertiary alicyclic amines) is 1. The van der Waals surface area contributed by atoms with Gasteiger partial charge in [0.05, 0.1) is 11.8 Å². The number of carbonyl (C=O) groups excluding carboxylic acids is 3. The number of anilines is 1. The Kier molecular flexibility index (Phi) is 4.72. The highest BCUT2D eigenvalue weighted by molar-refractivity contribution is 6.31. The lowest BCUT2D eigenvalue weighted by Gasteiger charge is -2.30. The second-order valence-corrected chi connectivity index (χ2v) is 8.48. The average molecular weight is 406 g/mol. The zero-order valence-electron chi connectivity index (χ0n) is 16.1. The van der Waals surface area contributed by atoms with Crippen LogP contribution in [0.1, 0.15) is 25.8 Å². The molecule has 0 radical (unpaired) electrons. The van der Waals surface area contributed by atoms with E-state index in [1.807, 2.05) is 13.8 Å². The van der Waals surface area contributed by atoms with E-state index < -0.39 is 17.4 Å². The Bertz CT molecular complexity index is 858. The molecule has 3 amide bonds. The number of amides is 3. The Balaban J connectivity index is 1.81. The number of methoxy groups -OCH3 is 1. The first-order valence-electron chi connectivity index (χ1n) is 9.56. The molecule has 0 aliphatic carbocycles. The SMILES string of the molecule is COCCCN1C(=O)[C@H]2[C@@H](C1=O)[C@@]1(N[C@H]2C(C)C)C(=O)Nc2ccc(Cl)cc21. The number of hydrogen-bond acceptors (Lipinski definition) is 5. The van der Waals surface area contributed by atoms with E-state index in [9.17, 15) is 14.4 Å². The Morgan fingerprint density at radius 1 is 1.25 bits per heavy atom. The van der Waals surface area contributed by atoms with E-state index in [0.29, 0.717) is 35.8 Å². The van der Waals surface area contributed by atoms with Crippen LogP contribution in [-0.4, -0.2) is 48.9 Å². The van der Waals surface area contributed by atoms with Crippen molar-refractivity contribution in [2.24, 2.45) is 17.8 Å². The third-order valence-electron chi connectivity index (χ3n) is 6.15. The molecule has 4 atom stereocenters. The second kappa shape index (κ2) is 6.83. The number of carbonyl (C=O) groups is 3. The predicted molar refractivity (Wildman–Crippen MR) is 104 cm³/mol. The van der Waals surface area contributed by atoms with Crippen LogP contribution in [-0.2, 0) is 24.7 Å². The molecule has 0 unspecified atom stereocenters. The first-order chi connectivity index (χ1) is 13.3. The molecule has 0 aromatic heterocycles. The summed E-state index contributed by atoms with van der Waals surface area (Å²) < 4.78 is 5.06. The summed E-state index contributed by atoms with van der Waals surface area (Å²) in [6, 6.07) is 4.86. The maximum atomic E-state index is 13.4. The van der Waals surface area contributed by atoms with E-state index in [1.165, 1.54) is 4.90 Å². The first kappa shape index (κ1) is 19.4. The number of fused-ring (bicyclic) bond motifs is 4. The van der Waals surface area contributed by atoms with Crippen LogP contribution in [0.3, 0.4) is 0 Å². The van der Waals surface area contributed by atoms with Gasteiger partial charge < -0.3 is 10.1 Å². The van der Waals surface area contributed by atoms with Gasteiger partial charge in [-0.25, -0.2) is 0 Å². The zero-order chi connectivity index (χ0) is 20.2. The lowest BCUT2D eigenvalue weighted by Crippen LogP contribution is -2.54. The van der Waals surface area contributed by atoms with Gasteiger partial charge in [0.1, 0.15) is 5.54 Å². The van der Waals surface area contributed by atoms with Gasteiger partial charge in [-0.15, -0.1) is 0 Å². The van der Waals surface area contributed by atoms with Crippen molar-refractivity contribution in [2.75, 3.05) is 25.6 Å². The van der Waals surface area contributed by atoms with Gasteiger partial charge in [-0.2, -0.15) is 0 Å². The quantitative estimate of drug-likeness (QED) is 0.575. The fourth-order valence-corrected chi connectivity index (χ4v) is 5.10. The van der Waals surface area contributed by atoms with Crippen molar-refractivity contribution in [3.8, 4) is 0 Å². The molecule has 0 saturated carbocycles. The maximum Gasteiger partial charge on any atom is 0.250 e. The number of ether oxygens (including phenoxy) is 1. The van der Waals surface area contributed by atoms with Gasteiger partial charge >= 0.3 is 0 Å². The third-order valence-corrected chi connectivity index (χ3v) is 6.39. The highest BCUT2D eigenvalue weighted by atomic mass is 35.5. The molecule has 3 aliphatic heterocycles. The van der Waals surface area contributed by atoms with Crippen molar-refractivity contribution in [1.82, 2.24) is 10.2 Å². The summed E-state index contributed by atoms with van der Waals surface area (Å²) in [5.74, 6) is -2.11. The number of hydrogen-bond donors (Lipinski definition) is 2. The van der Waals surface area contributed by atoms with Crippen LogP contribution >= 0.6 is 11.6 Å². The lowest BCUT2D eigenvalue weighted by molar-refractivity contribution is -0.143. The number of benzene rings is 1. The van der Waals surface area contributed by atoms with E-state index in [-0.39, 0.29) is 29.7 Å². The molecule has 4 rings (SSSR count). The van der Waals surface area contributed by atoms with Gasteiger partial charge in [0, 0.05) is 42.6 Å². The molecule has 2 N–H and O–H groups in total. The van der Waals surface area contributed by atoms with Crippen molar-refractivity contribution in [3.63, 3.8) is 0 Å². The number of nitrogens with one attached hydrogen (secondary N) is 2. The summed E-state index contributed by atoms with van der Waals surface area (Å²) >= 11 is 6.21. The minimum Gasteiger partial charge on any atom is -0.385 e. The van der Waals surface area contributed by atoms with Crippen molar-refractivity contribution >= 4 is 35.0 Å². The number of imide groups is 1. The first-order valence-corrected chi connectivity index (χ1v) is 9.94. The van der Waals surface area contributed by atoms with Crippen LogP contribution in [0.2, 0.25) is 5.02 Å². The fourth-order valence-electron chi connectivity index (χ4n) is 4.93. The molecule has 1 aromatic carbocycles. The molecular formula is C20H24ClN3O4. The summed E-state index contributed by atoms with van der Waals surface area (Å²) in [4.78, 5) is 41.1. The molecule has 2 saturated heterocycles.